The number of hydrogen-bond donors (Lipinski definition) is 2. The normalized spacial score (nSPS) is 18.7. The van der Waals surface area contributed by atoms with Gasteiger partial charge in [-0.3, -0.25) is 15.0 Å². The summed E-state index contributed by atoms with van der Waals surface area (Å²) < 4.78 is 34.7. The van der Waals surface area contributed by atoms with E-state index in [-0.39, 0.29) is 48.6 Å². The molecule has 0 radical (unpaired) electrons. The van der Waals surface area contributed by atoms with Crippen LogP contribution in [0.2, 0.25) is 0 Å². The van der Waals surface area contributed by atoms with Crippen molar-refractivity contribution in [3.8, 4) is 0 Å². The van der Waals surface area contributed by atoms with Crippen LogP contribution in [0.3, 0.4) is 0 Å². The number of ether oxygens (including phenoxy) is 1. The number of carbonyl (C=O) groups excluding carboxylic acids is 2. The topological polar surface area (TPSA) is 150 Å². The van der Waals surface area contributed by atoms with E-state index in [9.17, 15) is 18.0 Å². The summed E-state index contributed by atoms with van der Waals surface area (Å²) in [4.78, 5) is 35.5. The number of aromatic nitrogens is 1. The number of amidine groups is 1. The first-order valence-corrected chi connectivity index (χ1v) is 15.7. The summed E-state index contributed by atoms with van der Waals surface area (Å²) in [6.07, 6.45) is 0.658. The molecule has 1 unspecified atom stereocenters. The van der Waals surface area contributed by atoms with Crippen molar-refractivity contribution < 1.29 is 22.7 Å². The van der Waals surface area contributed by atoms with Crippen LogP contribution in [0, 0.1) is 5.41 Å². The third-order valence-electron chi connectivity index (χ3n) is 6.92. The van der Waals surface area contributed by atoms with Crippen molar-refractivity contribution in [1.29, 1.82) is 5.41 Å². The van der Waals surface area contributed by atoms with Crippen LogP contribution in [0.25, 0.3) is 10.1 Å². The summed E-state index contributed by atoms with van der Waals surface area (Å²) >= 11 is 2.50. The Morgan fingerprint density at radius 3 is 2.74 bits per heavy atom. The number of thiazole rings is 1. The van der Waals surface area contributed by atoms with Gasteiger partial charge in [-0.2, -0.15) is 4.31 Å². The van der Waals surface area contributed by atoms with Gasteiger partial charge in [-0.05, 0) is 43.6 Å². The van der Waals surface area contributed by atoms with Gasteiger partial charge in [0.25, 0.3) is 15.9 Å². The summed E-state index contributed by atoms with van der Waals surface area (Å²) in [5.74, 6) is -0.872. The molecule has 1 fully saturated rings. The second kappa shape index (κ2) is 10.9. The number of benzene rings is 1. The molecule has 39 heavy (non-hydrogen) atoms. The van der Waals surface area contributed by atoms with Crippen molar-refractivity contribution in [1.82, 2.24) is 19.1 Å². The minimum absolute atomic E-state index is 0.0341. The highest BCUT2D eigenvalue weighted by atomic mass is 32.2. The van der Waals surface area contributed by atoms with E-state index in [1.165, 1.54) is 15.6 Å². The quantitative estimate of drug-likeness (QED) is 0.241. The van der Waals surface area contributed by atoms with Gasteiger partial charge in [0.05, 0.1) is 24.8 Å². The second-order valence-electron chi connectivity index (χ2n) is 9.63. The number of nitrogens with two attached hydrogens (primary N) is 1. The Labute approximate surface area is 234 Å². The van der Waals surface area contributed by atoms with E-state index in [1.54, 1.807) is 36.1 Å². The third kappa shape index (κ3) is 5.57. The molecule has 0 saturated carbocycles. The fourth-order valence-corrected chi connectivity index (χ4v) is 9.02. The Morgan fingerprint density at radius 2 is 2.00 bits per heavy atom. The lowest BCUT2D eigenvalue weighted by Gasteiger charge is -2.39. The first-order valence-electron chi connectivity index (χ1n) is 12.6. The zero-order valence-electron chi connectivity index (χ0n) is 21.7. The maximum Gasteiger partial charge on any atom is 0.307 e. The van der Waals surface area contributed by atoms with Crippen molar-refractivity contribution in [3.63, 3.8) is 0 Å². The summed E-state index contributed by atoms with van der Waals surface area (Å²) in [6, 6.07) is 6.02. The number of thiophene rings is 1. The van der Waals surface area contributed by atoms with Crippen LogP contribution in [0.4, 0.5) is 0 Å². The molecule has 5 rings (SSSR count). The molecule has 2 aromatic heterocycles. The largest absolute Gasteiger partial charge is 0.466 e. The Morgan fingerprint density at radius 1 is 1.21 bits per heavy atom. The van der Waals surface area contributed by atoms with E-state index >= 15 is 0 Å². The molecule has 0 bridgehead atoms. The van der Waals surface area contributed by atoms with E-state index in [1.807, 2.05) is 7.05 Å². The molecular formula is C25H30N6O5S3. The maximum absolute atomic E-state index is 13.7. The number of sulfonamides is 1. The monoisotopic (exact) mass is 590 g/mol. The van der Waals surface area contributed by atoms with Crippen LogP contribution in [-0.4, -0.2) is 91.1 Å². The van der Waals surface area contributed by atoms with Gasteiger partial charge in [0.2, 0.25) is 0 Å². The Balaban J connectivity index is 1.40. The third-order valence-corrected chi connectivity index (χ3v) is 11.4. The predicted molar refractivity (Wildman–Crippen MR) is 150 cm³/mol. The summed E-state index contributed by atoms with van der Waals surface area (Å²) in [7, 11) is -1.88. The van der Waals surface area contributed by atoms with Gasteiger partial charge in [0.15, 0.2) is 5.01 Å². The van der Waals surface area contributed by atoms with Crippen LogP contribution in [-0.2, 0) is 32.5 Å². The fourth-order valence-electron chi connectivity index (χ4n) is 4.88. The lowest BCUT2D eigenvalue weighted by Crippen LogP contribution is -2.57. The highest BCUT2D eigenvalue weighted by Crippen LogP contribution is 2.33. The van der Waals surface area contributed by atoms with Crippen molar-refractivity contribution >= 4 is 60.5 Å². The molecule has 11 nitrogen and oxygen atoms in total. The molecule has 3 N–H and O–H groups in total. The minimum Gasteiger partial charge on any atom is -0.466 e. The average Bonchev–Trinajstić information content (AvgIpc) is 3.52. The van der Waals surface area contributed by atoms with Gasteiger partial charge in [0.1, 0.15) is 10.0 Å². The number of esters is 1. The number of rotatable bonds is 7. The Bertz CT molecular complexity index is 1550. The average molecular weight is 591 g/mol. The number of nitrogen functional groups attached to an aromatic ring is 1. The molecule has 0 aliphatic carbocycles. The van der Waals surface area contributed by atoms with Gasteiger partial charge in [0, 0.05) is 54.3 Å². The molecule has 1 aromatic carbocycles. The van der Waals surface area contributed by atoms with Gasteiger partial charge < -0.3 is 20.3 Å². The van der Waals surface area contributed by atoms with E-state index < -0.39 is 22.0 Å². The van der Waals surface area contributed by atoms with Crippen molar-refractivity contribution in [2.45, 2.75) is 36.6 Å². The van der Waals surface area contributed by atoms with Crippen LogP contribution in [0.15, 0.2) is 28.5 Å². The molecule has 4 heterocycles. The maximum atomic E-state index is 13.7. The predicted octanol–water partition coefficient (Wildman–Crippen LogP) is 2.10. The van der Waals surface area contributed by atoms with Crippen molar-refractivity contribution in [2.75, 3.05) is 39.8 Å². The van der Waals surface area contributed by atoms with Gasteiger partial charge in [-0.1, -0.05) is 0 Å². The number of piperazine rings is 1. The molecule has 1 saturated heterocycles. The lowest BCUT2D eigenvalue weighted by molar-refractivity contribution is -0.144. The number of amides is 1. The van der Waals surface area contributed by atoms with Gasteiger partial charge in [-0.15, -0.1) is 22.7 Å². The molecule has 0 spiro atoms. The van der Waals surface area contributed by atoms with E-state index in [0.717, 1.165) is 46.1 Å². The number of hydrogen-bond acceptors (Lipinski definition) is 10. The molecule has 2 aliphatic rings. The molecule has 1 atom stereocenters. The summed E-state index contributed by atoms with van der Waals surface area (Å²) in [6.45, 7) is 3.70. The standard InChI is InChI=1S/C25H30N6O5S3/c1-3-36-21(32)12-17-13-30(39(34,35)22-11-16-10-15(23(26)27)4-5-19(16)37-22)8-9-31(17)25(33)24-28-18-6-7-29(2)14-20(18)38-24/h4-5,10-11,17H,3,6-9,12-14H2,1-2H3,(H3,26,27). The number of carbonyl (C=O) groups is 2. The van der Waals surface area contributed by atoms with E-state index in [2.05, 4.69) is 9.88 Å². The van der Waals surface area contributed by atoms with Gasteiger partial charge >= 0.3 is 5.97 Å². The van der Waals surface area contributed by atoms with Crippen LogP contribution >= 0.6 is 22.7 Å². The first kappa shape index (κ1) is 27.6. The summed E-state index contributed by atoms with van der Waals surface area (Å²) in [5.41, 5.74) is 7.04. The van der Waals surface area contributed by atoms with Crippen LogP contribution in [0.5, 0.6) is 0 Å². The zero-order chi connectivity index (χ0) is 27.9. The SMILES string of the molecule is CCOC(=O)CC1CN(S(=O)(=O)c2cc3cc(C(=N)N)ccc3s2)CCN1C(=O)c1nc2c(s1)CN(C)CC2. The molecule has 2 aliphatic heterocycles. The summed E-state index contributed by atoms with van der Waals surface area (Å²) in [5, 5.41) is 8.70. The van der Waals surface area contributed by atoms with E-state index in [4.69, 9.17) is 15.9 Å². The van der Waals surface area contributed by atoms with Crippen molar-refractivity contribution in [3.05, 3.63) is 45.4 Å². The number of nitrogens with one attached hydrogen (secondary N) is 1. The second-order valence-corrected chi connectivity index (χ2v) is 14.0. The number of fused-ring (bicyclic) bond motifs is 2. The Hall–Kier alpha value is -2.91. The first-order chi connectivity index (χ1) is 18.6. The molecule has 14 heteroatoms. The smallest absolute Gasteiger partial charge is 0.307 e. The fraction of sp³-hybridized carbons (Fsp3) is 0.440. The van der Waals surface area contributed by atoms with E-state index in [0.29, 0.717) is 16.0 Å². The van der Waals surface area contributed by atoms with Crippen LogP contribution < -0.4 is 5.73 Å². The lowest BCUT2D eigenvalue weighted by atomic mass is 10.1. The van der Waals surface area contributed by atoms with Crippen molar-refractivity contribution in [2.24, 2.45) is 5.73 Å². The minimum atomic E-state index is -3.90. The zero-order valence-corrected chi connectivity index (χ0v) is 24.1. The highest BCUT2D eigenvalue weighted by molar-refractivity contribution is 7.91. The van der Waals surface area contributed by atoms with Crippen LogP contribution in [0.1, 0.15) is 39.3 Å². The Kier molecular flexibility index (Phi) is 7.75. The molecule has 208 valence electrons. The molecule has 3 aromatic rings. The van der Waals surface area contributed by atoms with Gasteiger partial charge in [-0.25, -0.2) is 13.4 Å². The number of likely N-dealkylation sites (N-methyl/N-ethyl adjacent to an activating group) is 1. The molecular weight excluding hydrogens is 561 g/mol. The number of nitrogens with zero attached hydrogens (tertiary/aromatic N) is 4. The molecule has 1 amide bonds. The highest BCUT2D eigenvalue weighted by Gasteiger charge is 2.39.